The Hall–Kier alpha value is -2.60. The number of amides is 2. The van der Waals surface area contributed by atoms with Crippen molar-refractivity contribution in [2.24, 2.45) is 0 Å². The third kappa shape index (κ3) is 5.76. The van der Waals surface area contributed by atoms with Crippen LogP contribution in [0.2, 0.25) is 0 Å². The third-order valence-corrected chi connectivity index (χ3v) is 3.89. The fourth-order valence-corrected chi connectivity index (χ4v) is 2.58. The highest BCUT2D eigenvalue weighted by molar-refractivity contribution is 6.35. The Morgan fingerprint density at radius 2 is 1.72 bits per heavy atom. The topological polar surface area (TPSA) is 91.6 Å². The molecule has 2 amide bonds. The number of carbonyl (C=O) groups excluding carboxylic acids is 2. The monoisotopic (exact) mass is 344 g/mol. The van der Waals surface area contributed by atoms with E-state index in [1.807, 2.05) is 37.3 Å². The normalized spacial score (nSPS) is 11.8. The van der Waals surface area contributed by atoms with Gasteiger partial charge in [-0.15, -0.1) is 0 Å². The van der Waals surface area contributed by atoms with Crippen LogP contribution in [0.5, 0.6) is 0 Å². The van der Waals surface area contributed by atoms with Crippen LogP contribution in [-0.2, 0) is 16.0 Å². The van der Waals surface area contributed by atoms with Crippen molar-refractivity contribution in [3.63, 3.8) is 0 Å². The molecule has 0 radical (unpaired) electrons. The Labute approximate surface area is 147 Å². The van der Waals surface area contributed by atoms with Crippen LogP contribution in [0.4, 0.5) is 0 Å². The van der Waals surface area contributed by atoms with Crippen LogP contribution >= 0.6 is 0 Å². The third-order valence-electron chi connectivity index (χ3n) is 3.89. The molecule has 0 saturated carbocycles. The van der Waals surface area contributed by atoms with E-state index in [2.05, 4.69) is 10.6 Å². The van der Waals surface area contributed by atoms with Crippen molar-refractivity contribution in [1.29, 1.82) is 0 Å². The molecule has 0 aliphatic carbocycles. The summed E-state index contributed by atoms with van der Waals surface area (Å²) in [6.07, 6.45) is 0.236. The lowest BCUT2D eigenvalue weighted by molar-refractivity contribution is -0.139. The van der Waals surface area contributed by atoms with Crippen molar-refractivity contribution in [2.75, 3.05) is 13.1 Å². The molecule has 0 saturated heterocycles. The Balaban J connectivity index is 1.67. The fourth-order valence-electron chi connectivity index (χ4n) is 2.58. The highest BCUT2D eigenvalue weighted by Gasteiger charge is 2.16. The highest BCUT2D eigenvalue weighted by atomic mass is 16.3. The number of carbonyl (C=O) groups is 2. The molecule has 1 heterocycles. The van der Waals surface area contributed by atoms with Gasteiger partial charge in [-0.25, -0.2) is 0 Å². The van der Waals surface area contributed by atoms with E-state index >= 15 is 0 Å². The fraction of sp³-hybridized carbons (Fsp3) is 0.368. The molecule has 1 aromatic carbocycles. The second-order valence-corrected chi connectivity index (χ2v) is 5.92. The Morgan fingerprint density at radius 1 is 1.08 bits per heavy atom. The average molecular weight is 344 g/mol. The Bertz CT molecular complexity index is 709. The van der Waals surface area contributed by atoms with Crippen LogP contribution in [0, 0.1) is 13.8 Å². The maximum Gasteiger partial charge on any atom is 0.309 e. The van der Waals surface area contributed by atoms with Crippen molar-refractivity contribution in [3.8, 4) is 0 Å². The molecule has 0 unspecified atom stereocenters. The maximum atomic E-state index is 11.8. The number of hydrogen-bond acceptors (Lipinski definition) is 4. The zero-order chi connectivity index (χ0) is 18.2. The largest absolute Gasteiger partial charge is 0.466 e. The summed E-state index contributed by atoms with van der Waals surface area (Å²) in [5.74, 6) is 0.0319. The highest BCUT2D eigenvalue weighted by Crippen LogP contribution is 2.23. The van der Waals surface area contributed by atoms with Crippen molar-refractivity contribution >= 4 is 11.8 Å². The van der Waals surface area contributed by atoms with Gasteiger partial charge in [0.2, 0.25) is 0 Å². The number of hydrogen-bond donors (Lipinski definition) is 3. The molecule has 134 valence electrons. The molecule has 3 N–H and O–H groups in total. The number of aliphatic hydroxyl groups excluding tert-OH is 1. The molecule has 0 bridgehead atoms. The van der Waals surface area contributed by atoms with Crippen molar-refractivity contribution < 1.29 is 19.1 Å². The summed E-state index contributed by atoms with van der Waals surface area (Å²) in [7, 11) is 0. The predicted octanol–water partition coefficient (Wildman–Crippen LogP) is 1.80. The first kappa shape index (κ1) is 18.7. The first-order valence-electron chi connectivity index (χ1n) is 8.32. The smallest absolute Gasteiger partial charge is 0.309 e. The summed E-state index contributed by atoms with van der Waals surface area (Å²) in [5, 5.41) is 15.2. The predicted molar refractivity (Wildman–Crippen MR) is 93.9 cm³/mol. The van der Waals surface area contributed by atoms with Crippen LogP contribution in [0.3, 0.4) is 0 Å². The molecule has 2 aromatic rings. The van der Waals surface area contributed by atoms with E-state index in [1.165, 1.54) is 0 Å². The molecule has 0 spiro atoms. The molecule has 6 heteroatoms. The van der Waals surface area contributed by atoms with Gasteiger partial charge in [-0.3, -0.25) is 9.59 Å². The summed E-state index contributed by atoms with van der Waals surface area (Å²) in [4.78, 5) is 23.5. The second-order valence-electron chi connectivity index (χ2n) is 5.92. The van der Waals surface area contributed by atoms with Gasteiger partial charge in [-0.05, 0) is 38.3 Å². The summed E-state index contributed by atoms with van der Waals surface area (Å²) in [6, 6.07) is 11.5. The molecule has 1 aromatic heterocycles. The summed E-state index contributed by atoms with van der Waals surface area (Å²) >= 11 is 0. The molecular formula is C19H24N2O4. The lowest BCUT2D eigenvalue weighted by atomic mass is 10.1. The number of benzene rings is 1. The SMILES string of the molecule is Cc1cc([C@@H](O)CCNC(=O)C(=O)NCCc2ccccc2)c(C)o1. The second kappa shape index (κ2) is 9.03. The molecule has 1 atom stereocenters. The van der Waals surface area contributed by atoms with E-state index in [0.29, 0.717) is 30.7 Å². The summed E-state index contributed by atoms with van der Waals surface area (Å²) in [6.45, 7) is 4.19. The van der Waals surface area contributed by atoms with Gasteiger partial charge in [0.15, 0.2) is 0 Å². The molecule has 2 rings (SSSR count). The quantitative estimate of drug-likeness (QED) is 0.668. The lowest BCUT2D eigenvalue weighted by Crippen LogP contribution is -2.41. The van der Waals surface area contributed by atoms with Crippen LogP contribution in [-0.4, -0.2) is 30.0 Å². The molecule has 0 fully saturated rings. The Kier molecular flexibility index (Phi) is 6.77. The minimum atomic E-state index is -0.737. The Morgan fingerprint density at radius 3 is 2.32 bits per heavy atom. The van der Waals surface area contributed by atoms with Gasteiger partial charge in [-0.1, -0.05) is 30.3 Å². The van der Waals surface area contributed by atoms with Crippen molar-refractivity contribution in [3.05, 3.63) is 59.0 Å². The first-order chi connectivity index (χ1) is 12.0. The van der Waals surface area contributed by atoms with E-state index < -0.39 is 17.9 Å². The summed E-state index contributed by atoms with van der Waals surface area (Å²) < 4.78 is 5.37. The minimum absolute atomic E-state index is 0.204. The van der Waals surface area contributed by atoms with Gasteiger partial charge in [0, 0.05) is 18.7 Å². The van der Waals surface area contributed by atoms with Crippen LogP contribution < -0.4 is 10.6 Å². The van der Waals surface area contributed by atoms with Gasteiger partial charge < -0.3 is 20.2 Å². The standard InChI is InChI=1S/C19H24N2O4/c1-13-12-16(14(2)25-13)17(22)9-11-21-19(24)18(23)20-10-8-15-6-4-3-5-7-15/h3-7,12,17,22H,8-11H2,1-2H3,(H,20,23)(H,21,24)/t17-/m0/s1. The lowest BCUT2D eigenvalue weighted by Gasteiger charge is -2.10. The van der Waals surface area contributed by atoms with E-state index in [9.17, 15) is 14.7 Å². The van der Waals surface area contributed by atoms with Gasteiger partial charge in [0.25, 0.3) is 0 Å². The number of rotatable bonds is 7. The van der Waals surface area contributed by atoms with E-state index in [-0.39, 0.29) is 6.54 Å². The molecule has 25 heavy (non-hydrogen) atoms. The summed E-state index contributed by atoms with van der Waals surface area (Å²) in [5.41, 5.74) is 1.80. The van der Waals surface area contributed by atoms with Gasteiger partial charge in [0.05, 0.1) is 6.10 Å². The zero-order valence-electron chi connectivity index (χ0n) is 14.5. The van der Waals surface area contributed by atoms with Crippen molar-refractivity contribution in [1.82, 2.24) is 10.6 Å². The van der Waals surface area contributed by atoms with Gasteiger partial charge in [-0.2, -0.15) is 0 Å². The first-order valence-corrected chi connectivity index (χ1v) is 8.32. The van der Waals surface area contributed by atoms with Gasteiger partial charge in [0.1, 0.15) is 11.5 Å². The number of nitrogens with one attached hydrogen (secondary N) is 2. The van der Waals surface area contributed by atoms with E-state index in [1.54, 1.807) is 13.0 Å². The average Bonchev–Trinajstić information content (AvgIpc) is 2.94. The number of aryl methyl sites for hydroxylation is 2. The zero-order valence-corrected chi connectivity index (χ0v) is 14.5. The molecular weight excluding hydrogens is 320 g/mol. The van der Waals surface area contributed by atoms with Crippen LogP contribution in [0.15, 0.2) is 40.8 Å². The molecule has 0 aliphatic heterocycles. The number of furan rings is 1. The van der Waals surface area contributed by atoms with E-state index in [0.717, 1.165) is 11.3 Å². The van der Waals surface area contributed by atoms with Crippen LogP contribution in [0.25, 0.3) is 0 Å². The molecule has 0 aliphatic rings. The van der Waals surface area contributed by atoms with Crippen LogP contribution in [0.1, 0.15) is 35.2 Å². The van der Waals surface area contributed by atoms with E-state index in [4.69, 9.17) is 4.42 Å². The maximum absolute atomic E-state index is 11.8. The van der Waals surface area contributed by atoms with Crippen molar-refractivity contribution in [2.45, 2.75) is 32.8 Å². The minimum Gasteiger partial charge on any atom is -0.466 e. The number of aliphatic hydroxyl groups is 1. The van der Waals surface area contributed by atoms with Gasteiger partial charge >= 0.3 is 11.8 Å². The molecule has 6 nitrogen and oxygen atoms in total.